The number of nitrogens with one attached hydrogen (secondary N) is 1. The first-order valence-corrected chi connectivity index (χ1v) is 53.6. The third kappa shape index (κ3) is 25.4. The van der Waals surface area contributed by atoms with Crippen LogP contribution in [0.25, 0.3) is 61.0 Å². The second-order valence-electron chi connectivity index (χ2n) is 32.0. The first-order valence-electron chi connectivity index (χ1n) is 44.6. The van der Waals surface area contributed by atoms with Gasteiger partial charge >= 0.3 is 158 Å². The predicted molar refractivity (Wildman–Crippen MR) is 537 cm³/mol. The number of hydrogen-bond acceptors (Lipinski definition) is 22. The molecule has 0 aliphatic carbocycles. The van der Waals surface area contributed by atoms with Crippen LogP contribution in [0.15, 0.2) is 218 Å². The molecule has 708 valence electrons. The summed E-state index contributed by atoms with van der Waals surface area (Å²) in [6, 6.07) is 54.8. The van der Waals surface area contributed by atoms with E-state index in [0.717, 1.165) is 80.5 Å². The van der Waals surface area contributed by atoms with Crippen molar-refractivity contribution >= 4 is 146 Å². The molecule has 31 heteroatoms. The maximum absolute atomic E-state index is 13.4. The van der Waals surface area contributed by atoms with Crippen molar-refractivity contribution in [2.75, 3.05) is 68.7 Å². The number of pyridine rings is 3. The third-order valence-corrected chi connectivity index (χ3v) is 39.2. The van der Waals surface area contributed by atoms with Gasteiger partial charge in [0.25, 0.3) is 35.4 Å². The van der Waals surface area contributed by atoms with Gasteiger partial charge in [-0.3, -0.25) is 43.9 Å². The molecule has 9 aromatic heterocycles. The number of benzene rings is 4. The summed E-state index contributed by atoms with van der Waals surface area (Å²) in [6.45, 7) is 12.0. The van der Waals surface area contributed by atoms with Crippen LogP contribution in [0.4, 0.5) is 0 Å². The minimum Gasteiger partial charge on any atom is -0.480 e. The van der Waals surface area contributed by atoms with Crippen LogP contribution in [-0.2, 0) is 78.8 Å². The number of likely N-dealkylation sites (N-methyl/N-ethyl adjacent to an activating group) is 2. The number of imide groups is 3. The van der Waals surface area contributed by atoms with Gasteiger partial charge in [0.2, 0.25) is 11.8 Å². The van der Waals surface area contributed by atoms with Gasteiger partial charge in [-0.1, -0.05) is 164 Å². The van der Waals surface area contributed by atoms with Crippen LogP contribution in [-0.4, -0.2) is 197 Å². The number of amides is 6. The summed E-state index contributed by atoms with van der Waals surface area (Å²) < 4.78 is 48.3. The van der Waals surface area contributed by atoms with Crippen molar-refractivity contribution in [2.24, 2.45) is 0 Å². The summed E-state index contributed by atoms with van der Waals surface area (Å²) in [7, 11) is 12.0. The second kappa shape index (κ2) is 51.0. The zero-order valence-corrected chi connectivity index (χ0v) is 82.4. The van der Waals surface area contributed by atoms with Crippen LogP contribution in [0.3, 0.4) is 0 Å². The average molecular weight is 2020 g/mol. The van der Waals surface area contributed by atoms with Crippen molar-refractivity contribution in [1.29, 1.82) is 0 Å². The second-order valence-corrected chi connectivity index (χ2v) is 46.3. The Labute approximate surface area is 807 Å². The van der Waals surface area contributed by atoms with E-state index in [0.29, 0.717) is 65.4 Å². The topological polar surface area (TPSA) is 316 Å². The van der Waals surface area contributed by atoms with E-state index in [4.69, 9.17) is 49.7 Å². The maximum atomic E-state index is 13.4. The SMILES string of the molecule is BrCCc1ccccc1.C.C.CC1CCCO1.CCC[CH2][Sn]([CH2]CCC)([CH2]CCC)[c]1cc(OC)nc(OC)n1.CN1C(=O)C(Cl)=C(c2cn(CCc3ccccc3)c3ncccc23)C1=O.COc1ncc(C2=C(c3cn(CCc4ccccc4)c4ncccc34)C(=O)N(C)C2=O)c(OC)n1.COc1ncc(C2=C(c3cn(CCc4ccccc4)c4ncccc34)C(=O)NC2=O)c(OC)n1. The number of ether oxygens (including phenoxy) is 7. The third-order valence-electron chi connectivity index (χ3n) is 23.4. The van der Waals surface area contributed by atoms with Crippen molar-refractivity contribution in [3.05, 3.63) is 268 Å². The Bertz CT molecular complexity index is 6260. The maximum Gasteiger partial charge on any atom is 0.319 e. The number of carbonyl (C=O) groups is 6. The molecule has 28 nitrogen and oxygen atoms in total. The fraction of sp³-hybridized carbons (Fsp3) is 0.337. The van der Waals surface area contributed by atoms with Crippen LogP contribution < -0.4 is 37.4 Å². The summed E-state index contributed by atoms with van der Waals surface area (Å²) >= 11 is 7.02. The van der Waals surface area contributed by atoms with E-state index in [1.54, 1.807) is 38.9 Å². The number of hydrogen-bond donors (Lipinski definition) is 1. The number of alkyl halides is 1. The zero-order chi connectivity index (χ0) is 94.5. The number of aryl methyl sites for hydroxylation is 7. The largest absolute Gasteiger partial charge is 0.480 e. The first-order chi connectivity index (χ1) is 64.7. The number of aromatic nitrogens is 12. The molecular weight excluding hydrogens is 1900 g/mol. The molecule has 0 radical (unpaired) electrons. The number of unbranched alkanes of at least 4 members (excludes halogenated alkanes) is 3. The van der Waals surface area contributed by atoms with Crippen LogP contribution >= 0.6 is 27.5 Å². The van der Waals surface area contributed by atoms with E-state index in [2.05, 4.69) is 156 Å². The van der Waals surface area contributed by atoms with Crippen molar-refractivity contribution < 1.29 is 61.9 Å². The Balaban J connectivity index is 0.000000177. The standard InChI is InChI=1S/C26H23N5O4.C25H21N5O4.C20H16ClN3O2.C8H9Br.C6H7N2O2.C5H10O.3C4H9.2CH4.Sn/c1-30-24(32)20(18-14-28-26(35-3)29-23(18)34-2)21(25(30)33)19-15-31(22-17(19)10-7-12-27-22)13-11-16-8-5-4-6-9-16;1-33-24-17(13-27-25(29-24)34-2)19-20(23(32)28-22(19)31)18-14-30(21-16(18)9-6-11-26-21)12-10-15-7-4-3-5-8-15;1-23-19(25)16(17(21)20(23)26)15-12-24(18-14(15)8-5-10-22-18)11-9-13-6-3-2-4-7-13;9-7-6-8-4-2-1-3-5-8;1-9-5-3-4-7-6(8-5)10-2;1-5-3-2-4-6-5;3*1-3-4-2;;;/h4-10,12,14-15H,11,13H2,1-3H3;3-9,11,13-14H,10,12H2,1-2H3,(H,28,31,32);2-8,10,12H,9,11H2,1H3;1-5H,6-7H2;3H,1-2H3;5H,2-4H2,1H3;3*1,3-4H2,2H3;2*1H4;. The molecule has 1 unspecified atom stereocenters. The minimum atomic E-state index is -2.54. The number of rotatable bonds is 32. The molecule has 1 fully saturated rings. The Morgan fingerprint density at radius 1 is 0.437 bits per heavy atom. The molecule has 4 aliphatic rings. The van der Waals surface area contributed by atoms with Crippen molar-refractivity contribution in [2.45, 2.75) is 159 Å². The van der Waals surface area contributed by atoms with Crippen molar-refractivity contribution in [3.8, 4) is 35.7 Å². The Morgan fingerprint density at radius 3 is 1.16 bits per heavy atom. The number of carbonyl (C=O) groups excluding carboxylic acids is 6. The summed E-state index contributed by atoms with van der Waals surface area (Å²) in [4.78, 5) is 119. The minimum absolute atomic E-state index is 0. The number of nitrogens with zero attached hydrogens (tertiary/aromatic N) is 14. The number of halogens is 2. The van der Waals surface area contributed by atoms with Gasteiger partial charge < -0.3 is 37.4 Å². The van der Waals surface area contributed by atoms with Gasteiger partial charge in [-0.15, -0.1) is 0 Å². The molecule has 4 aliphatic heterocycles. The molecule has 6 amide bonds. The number of fused-ring (bicyclic) bond motifs is 3. The van der Waals surface area contributed by atoms with Crippen LogP contribution in [0.2, 0.25) is 13.3 Å². The Morgan fingerprint density at radius 2 is 0.807 bits per heavy atom. The Hall–Kier alpha value is -12.8. The zero-order valence-electron chi connectivity index (χ0n) is 77.3. The quantitative estimate of drug-likeness (QED) is 0.0232. The smallest absolute Gasteiger partial charge is 0.319 e. The normalized spacial score (nSPS) is 13.9. The molecule has 0 saturated carbocycles. The molecule has 13 aromatic rings. The molecule has 1 atom stereocenters. The molecule has 135 heavy (non-hydrogen) atoms. The van der Waals surface area contributed by atoms with Gasteiger partial charge in [-0.2, -0.15) is 9.97 Å². The molecule has 1 N–H and O–H groups in total. The Kier molecular flexibility index (Phi) is 39.4. The predicted octanol–water partition coefficient (Wildman–Crippen LogP) is 18.5. The fourth-order valence-corrected chi connectivity index (χ4v) is 32.4. The van der Waals surface area contributed by atoms with Gasteiger partial charge in [0.1, 0.15) is 22.0 Å². The van der Waals surface area contributed by atoms with Gasteiger partial charge in [0, 0.05) is 128 Å². The molecule has 0 bridgehead atoms. The van der Waals surface area contributed by atoms with E-state index in [1.165, 1.54) is 146 Å². The van der Waals surface area contributed by atoms with Crippen LogP contribution in [0.1, 0.15) is 144 Å². The van der Waals surface area contributed by atoms with Gasteiger partial charge in [0.05, 0.1) is 73.5 Å². The van der Waals surface area contributed by atoms with Gasteiger partial charge in [0.15, 0.2) is 0 Å². The molecule has 1 saturated heterocycles. The van der Waals surface area contributed by atoms with Crippen LogP contribution in [0.5, 0.6) is 35.7 Å². The summed E-state index contributed by atoms with van der Waals surface area (Å²) in [5, 5.41) is 5.77. The summed E-state index contributed by atoms with van der Waals surface area (Å²) in [5.74, 6) is -1.82. The van der Waals surface area contributed by atoms with E-state index in [-0.39, 0.29) is 77.4 Å². The van der Waals surface area contributed by atoms with Gasteiger partial charge in [-0.05, 0) is 104 Å². The van der Waals surface area contributed by atoms with Gasteiger partial charge in [-0.25, -0.2) is 24.9 Å². The van der Waals surface area contributed by atoms with Crippen molar-refractivity contribution in [3.63, 3.8) is 0 Å². The van der Waals surface area contributed by atoms with E-state index in [1.807, 2.05) is 123 Å². The molecule has 0 spiro atoms. The van der Waals surface area contributed by atoms with E-state index < -0.39 is 47.9 Å². The molecule has 17 rings (SSSR count). The summed E-state index contributed by atoms with van der Waals surface area (Å²) in [6.07, 6.45) is 28.0. The average Bonchev–Trinajstić information content (AvgIpc) is 1.60. The van der Waals surface area contributed by atoms with E-state index in [9.17, 15) is 28.8 Å². The monoisotopic (exact) mass is 2020 g/mol. The number of methoxy groups -OCH3 is 6. The molecule has 4 aromatic carbocycles. The fourth-order valence-electron chi connectivity index (χ4n) is 16.3. The molecule has 13 heterocycles. The molecular formula is C104H121BrClN15O13Sn. The van der Waals surface area contributed by atoms with Crippen molar-refractivity contribution in [1.82, 2.24) is 73.7 Å². The van der Waals surface area contributed by atoms with E-state index >= 15 is 0 Å². The first kappa shape index (κ1) is 104. The summed E-state index contributed by atoms with van der Waals surface area (Å²) in [5.41, 5.74) is 10.8. The van der Waals surface area contributed by atoms with Crippen LogP contribution in [0, 0.1) is 0 Å².